The third-order valence-corrected chi connectivity index (χ3v) is 3.51. The van der Waals surface area contributed by atoms with Crippen LogP contribution < -0.4 is 10.1 Å². The lowest BCUT2D eigenvalue weighted by atomic mass is 10.2. The third kappa shape index (κ3) is 4.66. The molecular weight excluding hydrogens is 335 g/mol. The van der Waals surface area contributed by atoms with Crippen molar-refractivity contribution in [2.45, 2.75) is 26.5 Å². The van der Waals surface area contributed by atoms with Gasteiger partial charge in [-0.2, -0.15) is 0 Å². The number of nitrogens with one attached hydrogen (secondary N) is 1. The molecule has 0 atom stereocenters. The van der Waals surface area contributed by atoms with Crippen LogP contribution >= 0.6 is 0 Å². The summed E-state index contributed by atoms with van der Waals surface area (Å²) in [4.78, 5) is 16.3. The van der Waals surface area contributed by atoms with Gasteiger partial charge in [0.1, 0.15) is 17.9 Å². The molecule has 0 bridgehead atoms. The second-order valence-corrected chi connectivity index (χ2v) is 6.04. The Balaban J connectivity index is 1.61. The zero-order valence-corrected chi connectivity index (χ0v) is 14.5. The van der Waals surface area contributed by atoms with Gasteiger partial charge in [-0.25, -0.2) is 14.1 Å². The number of halogens is 1. The van der Waals surface area contributed by atoms with Gasteiger partial charge < -0.3 is 4.74 Å². The Bertz CT molecular complexity index is 873. The van der Waals surface area contributed by atoms with Crippen LogP contribution in [0.5, 0.6) is 5.75 Å². The Morgan fingerprint density at radius 3 is 2.50 bits per heavy atom. The highest BCUT2D eigenvalue weighted by Crippen LogP contribution is 2.14. The van der Waals surface area contributed by atoms with Gasteiger partial charge >= 0.3 is 0 Å². The number of amides is 1. The maximum absolute atomic E-state index is 12.9. The number of carbonyl (C=O) groups excluding carboxylic acids is 1. The summed E-state index contributed by atoms with van der Waals surface area (Å²) in [5.41, 5.74) is 1.37. The molecule has 1 N–H and O–H groups in total. The molecule has 0 radical (unpaired) electrons. The summed E-state index contributed by atoms with van der Waals surface area (Å²) >= 11 is 0. The maximum Gasteiger partial charge on any atom is 0.258 e. The Hall–Kier alpha value is -3.22. The molecule has 1 aromatic heterocycles. The van der Waals surface area contributed by atoms with Gasteiger partial charge in [0.15, 0.2) is 0 Å². The van der Waals surface area contributed by atoms with E-state index in [1.165, 1.54) is 18.5 Å². The van der Waals surface area contributed by atoms with Crippen LogP contribution in [0, 0.1) is 5.82 Å². The first kappa shape index (κ1) is 17.6. The van der Waals surface area contributed by atoms with E-state index in [2.05, 4.69) is 15.4 Å². The fourth-order valence-corrected chi connectivity index (χ4v) is 2.34. The Labute approximate surface area is 150 Å². The zero-order valence-electron chi connectivity index (χ0n) is 14.5. The molecule has 1 amide bonds. The van der Waals surface area contributed by atoms with Crippen LogP contribution in [0.3, 0.4) is 0 Å². The molecule has 26 heavy (non-hydrogen) atoms. The van der Waals surface area contributed by atoms with Gasteiger partial charge in [0.2, 0.25) is 5.95 Å². The summed E-state index contributed by atoms with van der Waals surface area (Å²) in [5.74, 6) is 0.323. The summed E-state index contributed by atoms with van der Waals surface area (Å²) in [6.07, 6.45) is 1.59. The van der Waals surface area contributed by atoms with Gasteiger partial charge in [-0.05, 0) is 55.8 Å². The highest BCUT2D eigenvalue weighted by atomic mass is 19.1. The van der Waals surface area contributed by atoms with E-state index >= 15 is 0 Å². The van der Waals surface area contributed by atoms with Gasteiger partial charge in [-0.3, -0.25) is 10.1 Å². The summed E-state index contributed by atoms with van der Waals surface area (Å²) in [6.45, 7) is 4.31. The average Bonchev–Trinajstić information content (AvgIpc) is 3.04. The second-order valence-electron chi connectivity index (χ2n) is 6.04. The summed E-state index contributed by atoms with van der Waals surface area (Å²) in [5, 5.41) is 6.86. The molecule has 0 aliphatic rings. The van der Waals surface area contributed by atoms with Gasteiger partial charge in [0, 0.05) is 5.56 Å². The van der Waals surface area contributed by atoms with Crippen molar-refractivity contribution < 1.29 is 13.9 Å². The minimum Gasteiger partial charge on any atom is -0.491 e. The number of nitrogens with zero attached hydrogens (tertiary/aromatic N) is 3. The Morgan fingerprint density at radius 2 is 1.85 bits per heavy atom. The maximum atomic E-state index is 12.9. The Morgan fingerprint density at radius 1 is 1.15 bits per heavy atom. The van der Waals surface area contributed by atoms with E-state index in [-0.39, 0.29) is 23.8 Å². The number of hydrogen-bond donors (Lipinski definition) is 1. The molecule has 0 fully saturated rings. The van der Waals surface area contributed by atoms with Crippen LogP contribution in [0.1, 0.15) is 29.8 Å². The van der Waals surface area contributed by atoms with E-state index in [1.54, 1.807) is 41.1 Å². The first-order valence-corrected chi connectivity index (χ1v) is 8.21. The molecular formula is C19H19FN4O2. The number of rotatable bonds is 6. The van der Waals surface area contributed by atoms with E-state index in [1.807, 2.05) is 13.8 Å². The molecule has 1 heterocycles. The lowest BCUT2D eigenvalue weighted by Gasteiger charge is -2.09. The number of aromatic nitrogens is 3. The van der Waals surface area contributed by atoms with Crippen molar-refractivity contribution in [3.05, 3.63) is 71.8 Å². The van der Waals surface area contributed by atoms with Crippen molar-refractivity contribution >= 4 is 11.9 Å². The SMILES string of the molecule is CC(C)Oc1ccc(C(=O)Nc2ncn(Cc3ccc(F)cc3)n2)cc1. The van der Waals surface area contributed by atoms with Gasteiger partial charge in [0.25, 0.3) is 5.91 Å². The molecule has 3 aromatic rings. The topological polar surface area (TPSA) is 69.0 Å². The van der Waals surface area contributed by atoms with Crippen LogP contribution in [-0.4, -0.2) is 26.8 Å². The second kappa shape index (κ2) is 7.77. The molecule has 3 rings (SSSR count). The van der Waals surface area contributed by atoms with E-state index in [4.69, 9.17) is 4.74 Å². The zero-order chi connectivity index (χ0) is 18.5. The quantitative estimate of drug-likeness (QED) is 0.735. The van der Waals surface area contributed by atoms with Crippen molar-refractivity contribution in [2.75, 3.05) is 5.32 Å². The van der Waals surface area contributed by atoms with Crippen molar-refractivity contribution in [1.82, 2.24) is 14.8 Å². The van der Waals surface area contributed by atoms with E-state index in [9.17, 15) is 9.18 Å². The van der Waals surface area contributed by atoms with Gasteiger partial charge in [-0.15, -0.1) is 5.10 Å². The summed E-state index contributed by atoms with van der Waals surface area (Å²) in [6, 6.07) is 13.0. The molecule has 6 nitrogen and oxygen atoms in total. The number of ether oxygens (including phenoxy) is 1. The molecule has 0 unspecified atom stereocenters. The van der Waals surface area contributed by atoms with E-state index in [0.717, 1.165) is 5.56 Å². The smallest absolute Gasteiger partial charge is 0.258 e. The third-order valence-electron chi connectivity index (χ3n) is 3.51. The lowest BCUT2D eigenvalue weighted by molar-refractivity contribution is 0.102. The first-order valence-electron chi connectivity index (χ1n) is 8.21. The van der Waals surface area contributed by atoms with Crippen LogP contribution in [-0.2, 0) is 6.54 Å². The molecule has 2 aromatic carbocycles. The molecule has 0 spiro atoms. The minimum atomic E-state index is -0.305. The Kier molecular flexibility index (Phi) is 5.26. The van der Waals surface area contributed by atoms with Crippen LogP contribution in [0.25, 0.3) is 0 Å². The van der Waals surface area contributed by atoms with Crippen molar-refractivity contribution in [1.29, 1.82) is 0 Å². The highest BCUT2D eigenvalue weighted by Gasteiger charge is 2.10. The highest BCUT2D eigenvalue weighted by molar-refractivity contribution is 6.03. The lowest BCUT2D eigenvalue weighted by Crippen LogP contribution is -2.13. The fraction of sp³-hybridized carbons (Fsp3) is 0.211. The van der Waals surface area contributed by atoms with Crippen molar-refractivity contribution in [3.63, 3.8) is 0 Å². The normalized spacial score (nSPS) is 10.8. The molecule has 0 aliphatic heterocycles. The van der Waals surface area contributed by atoms with Crippen LogP contribution in [0.4, 0.5) is 10.3 Å². The van der Waals surface area contributed by atoms with E-state index in [0.29, 0.717) is 17.9 Å². The van der Waals surface area contributed by atoms with E-state index < -0.39 is 0 Å². The van der Waals surface area contributed by atoms with Crippen LogP contribution in [0.15, 0.2) is 54.9 Å². The number of hydrogen-bond acceptors (Lipinski definition) is 4. The standard InChI is InChI=1S/C19H19FN4O2/c1-13(2)26-17-9-5-15(6-10-17)18(25)22-19-21-12-24(23-19)11-14-3-7-16(20)8-4-14/h3-10,12-13H,11H2,1-2H3,(H,22,23,25). The van der Waals surface area contributed by atoms with Crippen LogP contribution in [0.2, 0.25) is 0 Å². The predicted molar refractivity (Wildman–Crippen MR) is 95.7 cm³/mol. The van der Waals surface area contributed by atoms with Crippen molar-refractivity contribution in [3.8, 4) is 5.75 Å². The predicted octanol–water partition coefficient (Wildman–Crippen LogP) is 3.51. The average molecular weight is 354 g/mol. The molecule has 0 saturated carbocycles. The summed E-state index contributed by atoms with van der Waals surface area (Å²) in [7, 11) is 0. The molecule has 0 saturated heterocycles. The largest absolute Gasteiger partial charge is 0.491 e. The molecule has 7 heteroatoms. The van der Waals surface area contributed by atoms with Gasteiger partial charge in [-0.1, -0.05) is 12.1 Å². The first-order chi connectivity index (χ1) is 12.5. The number of anilines is 1. The fourth-order valence-electron chi connectivity index (χ4n) is 2.34. The number of carbonyl (C=O) groups is 1. The van der Waals surface area contributed by atoms with Gasteiger partial charge in [0.05, 0.1) is 12.6 Å². The minimum absolute atomic E-state index is 0.0731. The molecule has 134 valence electrons. The van der Waals surface area contributed by atoms with Crippen molar-refractivity contribution in [2.24, 2.45) is 0 Å². The number of benzene rings is 2. The monoisotopic (exact) mass is 354 g/mol. The summed E-state index contributed by atoms with van der Waals surface area (Å²) < 4.78 is 20.1. The molecule has 0 aliphatic carbocycles.